The number of nitrogens with one attached hydrogen (secondary N) is 1. The molecule has 0 aromatic heterocycles. The molecular weight excluding hydrogens is 650 g/mol. The Labute approximate surface area is 242 Å². The molecule has 0 aromatic carbocycles. The Morgan fingerprint density at radius 1 is 0.929 bits per heavy atom. The number of phosphoric acid groups is 3. The number of amides is 1. The first-order valence-electron chi connectivity index (χ1n) is 13.1. The molecule has 0 bridgehead atoms. The van der Waals surface area contributed by atoms with Gasteiger partial charge in [-0.3, -0.25) is 18.4 Å². The van der Waals surface area contributed by atoms with Crippen molar-refractivity contribution < 1.29 is 79.8 Å². The van der Waals surface area contributed by atoms with Crippen molar-refractivity contribution in [2.45, 2.75) is 76.6 Å². The topological polar surface area (TPSA) is 282 Å². The normalized spacial score (nSPS) is 27.0. The van der Waals surface area contributed by atoms with Crippen LogP contribution in [0.3, 0.4) is 0 Å². The van der Waals surface area contributed by atoms with Crippen LogP contribution >= 0.6 is 31.1 Å². The van der Waals surface area contributed by atoms with Crippen molar-refractivity contribution in [2.75, 3.05) is 25.9 Å². The van der Waals surface area contributed by atoms with Gasteiger partial charge in [0.2, 0.25) is 5.91 Å². The molecule has 1 heterocycles. The van der Waals surface area contributed by atoms with Gasteiger partial charge in [0, 0.05) is 25.3 Å². The Morgan fingerprint density at radius 2 is 1.52 bits per heavy atom. The average molecular weight is 689 g/mol. The van der Waals surface area contributed by atoms with Crippen molar-refractivity contribution >= 4 is 42.8 Å². The molecule has 7 N–H and O–H groups in total. The smallest absolute Gasteiger partial charge is 0.390 e. The van der Waals surface area contributed by atoms with Crippen molar-refractivity contribution in [2.24, 2.45) is 11.8 Å². The van der Waals surface area contributed by atoms with Crippen LogP contribution in [0.1, 0.15) is 58.3 Å². The van der Waals surface area contributed by atoms with Crippen molar-refractivity contribution in [3.05, 3.63) is 0 Å². The Hall–Kier alpha value is -0.380. The molecule has 1 aliphatic heterocycles. The zero-order valence-electron chi connectivity index (χ0n) is 22.8. The highest BCUT2D eigenvalue weighted by atomic mass is 31.3. The molecule has 0 spiro atoms. The number of ketones is 1. The van der Waals surface area contributed by atoms with E-state index in [1.165, 1.54) is 6.92 Å². The van der Waals surface area contributed by atoms with Gasteiger partial charge in [-0.25, -0.2) is 13.7 Å². The minimum atomic E-state index is -5.75. The van der Waals surface area contributed by atoms with Crippen LogP contribution < -0.4 is 5.32 Å². The first-order valence-corrected chi connectivity index (χ1v) is 19.4. The third kappa shape index (κ3) is 14.6. The van der Waals surface area contributed by atoms with Crippen LogP contribution in [0.5, 0.6) is 0 Å². The summed E-state index contributed by atoms with van der Waals surface area (Å²) in [5.41, 5.74) is 0. The highest BCUT2D eigenvalue weighted by Crippen LogP contribution is 2.67. The van der Waals surface area contributed by atoms with Crippen molar-refractivity contribution in [3.63, 3.8) is 0 Å². The maximum absolute atomic E-state index is 12.2. The minimum Gasteiger partial charge on any atom is -0.390 e. The molecule has 2 fully saturated rings. The van der Waals surface area contributed by atoms with E-state index < -0.39 is 86.8 Å². The number of ether oxygens (including phenoxy) is 1. The molecule has 2 aliphatic rings. The first-order chi connectivity index (χ1) is 19.3. The van der Waals surface area contributed by atoms with E-state index in [1.807, 2.05) is 0 Å². The lowest BCUT2D eigenvalue weighted by atomic mass is 9.84. The monoisotopic (exact) mass is 689 g/mol. The van der Waals surface area contributed by atoms with Gasteiger partial charge in [-0.2, -0.15) is 8.62 Å². The summed E-state index contributed by atoms with van der Waals surface area (Å²) in [5, 5.41) is 12.4. The van der Waals surface area contributed by atoms with Crippen LogP contribution in [0, 0.1) is 11.8 Å². The zero-order chi connectivity index (χ0) is 31.8. The fourth-order valence-corrected chi connectivity index (χ4v) is 8.84. The summed E-state index contributed by atoms with van der Waals surface area (Å²) in [6, 6.07) is 0. The highest BCUT2D eigenvalue weighted by Gasteiger charge is 2.44. The second-order valence-electron chi connectivity index (χ2n) is 10.2. The van der Waals surface area contributed by atoms with Crippen molar-refractivity contribution in [1.29, 1.82) is 0 Å². The number of rotatable bonds is 18. The van der Waals surface area contributed by atoms with Crippen LogP contribution in [0.25, 0.3) is 0 Å². The lowest BCUT2D eigenvalue weighted by molar-refractivity contribution is -0.129. The third-order valence-corrected chi connectivity index (χ3v) is 11.7. The van der Waals surface area contributed by atoms with Crippen molar-refractivity contribution in [3.8, 4) is 0 Å². The van der Waals surface area contributed by atoms with E-state index >= 15 is 0 Å². The van der Waals surface area contributed by atoms with E-state index in [4.69, 9.17) is 14.5 Å². The van der Waals surface area contributed by atoms with Gasteiger partial charge < -0.3 is 44.4 Å². The minimum absolute atomic E-state index is 0.225. The predicted molar refractivity (Wildman–Crippen MR) is 143 cm³/mol. The van der Waals surface area contributed by atoms with E-state index in [9.17, 15) is 47.6 Å². The fourth-order valence-electron chi connectivity index (χ4n) is 4.69. The summed E-state index contributed by atoms with van der Waals surface area (Å²) in [7, 11) is -21.0. The summed E-state index contributed by atoms with van der Waals surface area (Å²) in [6.45, 7) is -0.812. The first kappa shape index (κ1) is 37.8. The molecule has 42 heavy (non-hydrogen) atoms. The van der Waals surface area contributed by atoms with E-state index in [-0.39, 0.29) is 31.3 Å². The van der Waals surface area contributed by atoms with Crippen LogP contribution in [0.15, 0.2) is 0 Å². The predicted octanol–water partition coefficient (Wildman–Crippen LogP) is 1.73. The summed E-state index contributed by atoms with van der Waals surface area (Å²) < 4.78 is 70.2. The lowest BCUT2D eigenvalue weighted by Gasteiger charge is -2.27. The van der Waals surface area contributed by atoms with Gasteiger partial charge in [-0.15, -0.1) is 0 Å². The summed E-state index contributed by atoms with van der Waals surface area (Å²) >= 11 is 0. The SMILES string of the molecule is CC(=O)CC(CCP(=O)(O)O)C(=O)NCCOP(=O)(O)OP(=O)(O)OP(=O)(O)OC[C@H]1O[C@@H](C2CCCCC2)CC1O. The number of hydrogen-bond donors (Lipinski definition) is 7. The third-order valence-electron chi connectivity index (χ3n) is 6.57. The van der Waals surface area contributed by atoms with E-state index in [0.29, 0.717) is 0 Å². The molecule has 1 amide bonds. The van der Waals surface area contributed by atoms with Gasteiger partial charge >= 0.3 is 31.1 Å². The number of aliphatic hydroxyl groups excluding tert-OH is 1. The lowest BCUT2D eigenvalue weighted by Crippen LogP contribution is -2.34. The second-order valence-corrected chi connectivity index (χ2v) is 16.6. The Morgan fingerprint density at radius 3 is 2.10 bits per heavy atom. The Balaban J connectivity index is 1.79. The molecule has 7 atom stereocenters. The number of aliphatic hydroxyl groups is 1. The van der Waals surface area contributed by atoms with E-state index in [2.05, 4.69) is 23.0 Å². The van der Waals surface area contributed by atoms with E-state index in [1.54, 1.807) is 0 Å². The van der Waals surface area contributed by atoms with Crippen LogP contribution in [0.4, 0.5) is 0 Å². The average Bonchev–Trinajstić information content (AvgIpc) is 3.22. The van der Waals surface area contributed by atoms with Gasteiger partial charge in [0.15, 0.2) is 0 Å². The molecule has 246 valence electrons. The molecule has 1 aliphatic carbocycles. The highest BCUT2D eigenvalue weighted by molar-refractivity contribution is 7.66. The molecule has 2 rings (SSSR count). The number of phosphoric ester groups is 2. The molecule has 1 saturated heterocycles. The maximum Gasteiger partial charge on any atom is 0.490 e. The largest absolute Gasteiger partial charge is 0.490 e. The van der Waals surface area contributed by atoms with Gasteiger partial charge in [-0.05, 0) is 32.1 Å². The number of Topliss-reactive ketones (excluding diaryl/α,β-unsaturated/α-hetero) is 1. The quantitative estimate of drug-likeness (QED) is 0.0797. The maximum atomic E-state index is 12.2. The Kier molecular flexibility index (Phi) is 14.6. The van der Waals surface area contributed by atoms with Gasteiger partial charge in [0.05, 0.1) is 31.6 Å². The molecule has 18 nitrogen and oxygen atoms in total. The number of hydrogen-bond acceptors (Lipinski definition) is 12. The van der Waals surface area contributed by atoms with Gasteiger partial charge in [0.25, 0.3) is 0 Å². The van der Waals surface area contributed by atoms with Crippen LogP contribution in [-0.2, 0) is 50.3 Å². The summed E-state index contributed by atoms with van der Waals surface area (Å²) in [6.07, 6.45) is 1.69. The number of carbonyl (C=O) groups excluding carboxylic acids is 2. The Bertz CT molecular complexity index is 1110. The standard InChI is InChI=1S/C20H39NO17P4/c1-14(22)11-16(7-10-39(25,26)27)20(24)21-8-9-34-40(28,29)37-42(32,33)38-41(30,31)35-13-19-17(23)12-18(36-19)15-5-3-2-4-6-15/h15-19,23H,2-13H2,1H3,(H,21,24)(H,28,29)(H,30,31)(H,32,33)(H2,25,26,27)/t16?,17?,18-,19-/m1/s1. The molecule has 22 heteroatoms. The fraction of sp³-hybridized carbons (Fsp3) is 0.900. The molecular formula is C20H39NO17P4. The molecule has 0 radical (unpaired) electrons. The number of carbonyl (C=O) groups is 2. The molecule has 0 aromatic rings. The van der Waals surface area contributed by atoms with E-state index in [0.717, 1.165) is 32.1 Å². The van der Waals surface area contributed by atoms with Crippen LogP contribution in [0.2, 0.25) is 0 Å². The zero-order valence-corrected chi connectivity index (χ0v) is 26.4. The van der Waals surface area contributed by atoms with Gasteiger partial charge in [0.1, 0.15) is 11.9 Å². The summed E-state index contributed by atoms with van der Waals surface area (Å²) in [5.74, 6) is -2.12. The molecule has 5 unspecified atom stereocenters. The van der Waals surface area contributed by atoms with Crippen LogP contribution in [-0.4, -0.2) is 85.5 Å². The summed E-state index contributed by atoms with van der Waals surface area (Å²) in [4.78, 5) is 70.8. The van der Waals surface area contributed by atoms with Gasteiger partial charge in [-0.1, -0.05) is 19.3 Å². The molecule has 1 saturated carbocycles. The van der Waals surface area contributed by atoms with Crippen molar-refractivity contribution in [1.82, 2.24) is 5.32 Å². The second kappa shape index (κ2) is 16.3.